The molecular formula is C51H34N2O. The van der Waals surface area contributed by atoms with Gasteiger partial charge in [0.05, 0.1) is 0 Å². The quantitative estimate of drug-likeness (QED) is 0.156. The molecule has 0 aliphatic heterocycles. The van der Waals surface area contributed by atoms with Gasteiger partial charge < -0.3 is 9.32 Å². The van der Waals surface area contributed by atoms with Gasteiger partial charge in [-0.15, -0.1) is 0 Å². The van der Waals surface area contributed by atoms with Gasteiger partial charge in [-0.3, -0.25) is 0 Å². The maximum atomic E-state index is 6.27. The fraction of sp³-hybridized carbons (Fsp3) is 0. The second kappa shape index (κ2) is 13.4. The predicted molar refractivity (Wildman–Crippen MR) is 225 cm³/mol. The van der Waals surface area contributed by atoms with Crippen LogP contribution in [0.15, 0.2) is 211 Å². The first-order chi connectivity index (χ1) is 26.7. The number of aromatic nitrogens is 1. The van der Waals surface area contributed by atoms with E-state index in [1.165, 1.54) is 27.6 Å². The SMILES string of the molecule is c1ccc(-c2ccc(-c3ccc(N(c4ccccc4)c4ccc(-c5ccc6ccc7ccc8oc(-c9ccccc9)nc8c7c6c5)cc4)cc3)cc2)cc1. The molecule has 0 unspecified atom stereocenters. The van der Waals surface area contributed by atoms with Crippen LogP contribution in [-0.2, 0) is 0 Å². The van der Waals surface area contributed by atoms with Gasteiger partial charge in [0.1, 0.15) is 5.52 Å². The molecular weight excluding hydrogens is 657 g/mol. The lowest BCUT2D eigenvalue weighted by atomic mass is 9.96. The summed E-state index contributed by atoms with van der Waals surface area (Å²) in [5.41, 5.74) is 13.1. The van der Waals surface area contributed by atoms with Gasteiger partial charge in [0.2, 0.25) is 5.89 Å². The second-order valence-electron chi connectivity index (χ2n) is 13.6. The van der Waals surface area contributed by atoms with Crippen molar-refractivity contribution in [3.05, 3.63) is 206 Å². The highest BCUT2D eigenvalue weighted by atomic mass is 16.3. The summed E-state index contributed by atoms with van der Waals surface area (Å²) in [6.45, 7) is 0. The van der Waals surface area contributed by atoms with Crippen LogP contribution in [0, 0.1) is 0 Å². The van der Waals surface area contributed by atoms with Crippen molar-refractivity contribution in [3.8, 4) is 44.8 Å². The highest BCUT2D eigenvalue weighted by molar-refractivity contribution is 6.19. The van der Waals surface area contributed by atoms with Gasteiger partial charge in [0, 0.05) is 28.0 Å². The van der Waals surface area contributed by atoms with Crippen LogP contribution in [0.2, 0.25) is 0 Å². The number of hydrogen-bond donors (Lipinski definition) is 0. The molecule has 0 saturated carbocycles. The molecule has 1 heterocycles. The molecule has 0 aliphatic carbocycles. The Balaban J connectivity index is 0.989. The normalized spacial score (nSPS) is 11.3. The van der Waals surface area contributed by atoms with E-state index in [1.54, 1.807) is 0 Å². The number of rotatable bonds is 7. The van der Waals surface area contributed by atoms with Crippen molar-refractivity contribution in [1.82, 2.24) is 4.98 Å². The number of benzene rings is 9. The van der Waals surface area contributed by atoms with Crippen LogP contribution >= 0.6 is 0 Å². The zero-order valence-corrected chi connectivity index (χ0v) is 29.4. The van der Waals surface area contributed by atoms with Crippen molar-refractivity contribution in [2.24, 2.45) is 0 Å². The monoisotopic (exact) mass is 690 g/mol. The Morgan fingerprint density at radius 1 is 0.352 bits per heavy atom. The molecule has 0 atom stereocenters. The average molecular weight is 691 g/mol. The lowest BCUT2D eigenvalue weighted by Crippen LogP contribution is -2.09. The van der Waals surface area contributed by atoms with Gasteiger partial charge in [-0.1, -0.05) is 146 Å². The van der Waals surface area contributed by atoms with E-state index in [9.17, 15) is 0 Å². The van der Waals surface area contributed by atoms with Gasteiger partial charge in [-0.05, 0) is 110 Å². The smallest absolute Gasteiger partial charge is 0.227 e. The van der Waals surface area contributed by atoms with Crippen LogP contribution in [0.1, 0.15) is 0 Å². The van der Waals surface area contributed by atoms with Gasteiger partial charge >= 0.3 is 0 Å². The van der Waals surface area contributed by atoms with E-state index in [4.69, 9.17) is 9.40 Å². The molecule has 0 aliphatic rings. The van der Waals surface area contributed by atoms with E-state index in [1.807, 2.05) is 36.4 Å². The first-order valence-electron chi connectivity index (χ1n) is 18.3. The number of nitrogens with zero attached hydrogens (tertiary/aromatic N) is 2. The molecule has 0 amide bonds. The van der Waals surface area contributed by atoms with Crippen molar-refractivity contribution in [3.63, 3.8) is 0 Å². The van der Waals surface area contributed by atoms with E-state index in [0.29, 0.717) is 5.89 Å². The summed E-state index contributed by atoms with van der Waals surface area (Å²) >= 11 is 0. The van der Waals surface area contributed by atoms with Crippen LogP contribution in [0.4, 0.5) is 17.1 Å². The molecule has 3 nitrogen and oxygen atoms in total. The number of para-hydroxylation sites is 1. The summed E-state index contributed by atoms with van der Waals surface area (Å²) in [5, 5.41) is 4.59. The third-order valence-corrected chi connectivity index (χ3v) is 10.3. The largest absolute Gasteiger partial charge is 0.436 e. The fourth-order valence-corrected chi connectivity index (χ4v) is 7.53. The molecule has 9 aromatic carbocycles. The molecule has 0 fully saturated rings. The van der Waals surface area contributed by atoms with Crippen LogP contribution in [0.25, 0.3) is 77.5 Å². The first kappa shape index (κ1) is 31.5. The van der Waals surface area contributed by atoms with E-state index in [-0.39, 0.29) is 0 Å². The molecule has 0 radical (unpaired) electrons. The van der Waals surface area contributed by atoms with E-state index >= 15 is 0 Å². The fourth-order valence-electron chi connectivity index (χ4n) is 7.53. The number of oxazole rings is 1. The van der Waals surface area contributed by atoms with Crippen LogP contribution < -0.4 is 4.90 Å². The van der Waals surface area contributed by atoms with Crippen molar-refractivity contribution >= 4 is 49.7 Å². The maximum Gasteiger partial charge on any atom is 0.227 e. The molecule has 54 heavy (non-hydrogen) atoms. The molecule has 3 heteroatoms. The Labute approximate surface area is 314 Å². The van der Waals surface area contributed by atoms with E-state index in [2.05, 4.69) is 175 Å². The Bertz CT molecular complexity index is 2880. The summed E-state index contributed by atoms with van der Waals surface area (Å²) < 4.78 is 6.27. The summed E-state index contributed by atoms with van der Waals surface area (Å²) in [5.74, 6) is 0.636. The minimum absolute atomic E-state index is 0.636. The zero-order chi connectivity index (χ0) is 35.8. The highest BCUT2D eigenvalue weighted by Gasteiger charge is 2.16. The highest BCUT2D eigenvalue weighted by Crippen LogP contribution is 2.39. The maximum absolute atomic E-state index is 6.27. The van der Waals surface area contributed by atoms with Gasteiger partial charge in [0.15, 0.2) is 5.58 Å². The van der Waals surface area contributed by atoms with Crippen LogP contribution in [0.3, 0.4) is 0 Å². The summed E-state index contributed by atoms with van der Waals surface area (Å²) in [6, 6.07) is 72.9. The van der Waals surface area contributed by atoms with Crippen LogP contribution in [0.5, 0.6) is 0 Å². The summed E-state index contributed by atoms with van der Waals surface area (Å²) in [7, 11) is 0. The van der Waals surface area contributed by atoms with E-state index < -0.39 is 0 Å². The van der Waals surface area contributed by atoms with Crippen molar-refractivity contribution < 1.29 is 4.42 Å². The molecule has 254 valence electrons. The van der Waals surface area contributed by atoms with E-state index in [0.717, 1.165) is 61.0 Å². The average Bonchev–Trinajstić information content (AvgIpc) is 3.70. The minimum Gasteiger partial charge on any atom is -0.436 e. The van der Waals surface area contributed by atoms with Crippen molar-refractivity contribution in [2.45, 2.75) is 0 Å². The van der Waals surface area contributed by atoms with Crippen molar-refractivity contribution in [1.29, 1.82) is 0 Å². The molecule has 0 saturated heterocycles. The topological polar surface area (TPSA) is 29.3 Å². The molecule has 10 rings (SSSR count). The molecule has 0 spiro atoms. The third kappa shape index (κ3) is 5.78. The van der Waals surface area contributed by atoms with Gasteiger partial charge in [-0.25, -0.2) is 4.98 Å². The Kier molecular flexibility index (Phi) is 7.81. The summed E-state index contributed by atoms with van der Waals surface area (Å²) in [4.78, 5) is 7.33. The number of anilines is 3. The molecule has 1 aromatic heterocycles. The van der Waals surface area contributed by atoms with Crippen molar-refractivity contribution in [2.75, 3.05) is 4.90 Å². The lowest BCUT2D eigenvalue weighted by molar-refractivity contribution is 0.620. The Morgan fingerprint density at radius 3 is 1.39 bits per heavy atom. The Hall–Kier alpha value is -7.23. The molecule has 0 N–H and O–H groups in total. The Morgan fingerprint density at radius 2 is 0.778 bits per heavy atom. The van der Waals surface area contributed by atoms with Crippen LogP contribution in [-0.4, -0.2) is 4.98 Å². The molecule has 0 bridgehead atoms. The standard InChI is InChI=1S/C51H34N2O/c1-4-10-35(11-5-1)36-16-18-37(19-17-36)38-24-29-45(30-25-38)53(44-14-8-3-9-15-44)46-31-26-39(27-32-46)43-23-21-40-20-22-41-28-33-48-50(49(41)47(40)34-43)52-51(54-48)42-12-6-2-7-13-42/h1-34H. The third-order valence-electron chi connectivity index (χ3n) is 10.3. The predicted octanol–water partition coefficient (Wildman–Crippen LogP) is 14.3. The number of hydrogen-bond acceptors (Lipinski definition) is 3. The second-order valence-corrected chi connectivity index (χ2v) is 13.6. The first-order valence-corrected chi connectivity index (χ1v) is 18.3. The van der Waals surface area contributed by atoms with Gasteiger partial charge in [-0.2, -0.15) is 0 Å². The number of fused-ring (bicyclic) bond motifs is 5. The summed E-state index contributed by atoms with van der Waals surface area (Å²) in [6.07, 6.45) is 0. The zero-order valence-electron chi connectivity index (χ0n) is 29.4. The minimum atomic E-state index is 0.636. The lowest BCUT2D eigenvalue weighted by Gasteiger charge is -2.26. The van der Waals surface area contributed by atoms with Gasteiger partial charge in [0.25, 0.3) is 0 Å². The molecule has 10 aromatic rings.